The lowest BCUT2D eigenvalue weighted by Crippen LogP contribution is -2.02. The zero-order valence-corrected chi connectivity index (χ0v) is 13.4. The van der Waals surface area contributed by atoms with Gasteiger partial charge in [-0.3, -0.25) is 4.79 Å². The van der Waals surface area contributed by atoms with Crippen molar-refractivity contribution in [3.8, 4) is 0 Å². The van der Waals surface area contributed by atoms with E-state index < -0.39 is 0 Å². The molecule has 0 amide bonds. The molecule has 0 atom stereocenters. The van der Waals surface area contributed by atoms with Gasteiger partial charge in [0.2, 0.25) is 0 Å². The molecule has 0 N–H and O–H groups in total. The van der Waals surface area contributed by atoms with Crippen LogP contribution in [0, 0.1) is 0 Å². The molecule has 0 aromatic heterocycles. The fourth-order valence-corrected chi connectivity index (χ4v) is 3.22. The molecule has 0 aliphatic heterocycles. The van der Waals surface area contributed by atoms with Crippen LogP contribution in [0.1, 0.15) is 12.8 Å². The zero-order valence-electron chi connectivity index (χ0n) is 13.4. The molecule has 0 heterocycles. The van der Waals surface area contributed by atoms with Crippen LogP contribution in [0.2, 0.25) is 0 Å². The van der Waals surface area contributed by atoms with Crippen LogP contribution in [0.4, 0.5) is 0 Å². The topological polar surface area (TPSA) is 17.1 Å². The van der Waals surface area contributed by atoms with Gasteiger partial charge in [0.15, 0.2) is 5.78 Å². The predicted molar refractivity (Wildman–Crippen MR) is 99.3 cm³/mol. The van der Waals surface area contributed by atoms with Crippen molar-refractivity contribution in [2.45, 2.75) is 12.8 Å². The predicted octanol–water partition coefficient (Wildman–Crippen LogP) is 5.17. The molecule has 116 valence electrons. The van der Waals surface area contributed by atoms with Gasteiger partial charge in [-0.15, -0.1) is 0 Å². The Balaban J connectivity index is 1.88. The molecule has 4 aliphatic carbocycles. The van der Waals surface area contributed by atoms with E-state index in [0.29, 0.717) is 0 Å². The maximum absolute atomic E-state index is 12.8. The normalized spacial score (nSPS) is 24.6. The van der Waals surface area contributed by atoms with E-state index in [2.05, 4.69) is 48.6 Å². The van der Waals surface area contributed by atoms with E-state index in [-0.39, 0.29) is 5.78 Å². The van der Waals surface area contributed by atoms with Crippen molar-refractivity contribution in [2.24, 2.45) is 0 Å². The number of allylic oxidation sites excluding steroid dienone is 20. The number of hydrogen-bond acceptors (Lipinski definition) is 1. The zero-order chi connectivity index (χ0) is 16.4. The van der Waals surface area contributed by atoms with Crippen molar-refractivity contribution in [3.63, 3.8) is 0 Å². The molecular weight excluding hydrogens is 292 g/mol. The van der Waals surface area contributed by atoms with Gasteiger partial charge >= 0.3 is 0 Å². The SMILES string of the molecule is O=C1/C=C\C2=CC=CC=C(/C=C\C3=CC4=CC=CC=C(C=C13)C4)C2. The van der Waals surface area contributed by atoms with E-state index in [4.69, 9.17) is 0 Å². The molecule has 4 bridgehead atoms. The van der Waals surface area contributed by atoms with Gasteiger partial charge in [-0.2, -0.15) is 0 Å². The lowest BCUT2D eigenvalue weighted by atomic mass is 9.95. The highest BCUT2D eigenvalue weighted by Gasteiger charge is 2.17. The smallest absolute Gasteiger partial charge is 0.186 e. The second-order valence-electron chi connectivity index (χ2n) is 6.28. The minimum absolute atomic E-state index is 0.0594. The third kappa shape index (κ3) is 3.07. The van der Waals surface area contributed by atoms with Crippen molar-refractivity contribution < 1.29 is 4.79 Å². The number of hydrogen-bond donors (Lipinski definition) is 0. The Hall–Kier alpha value is -2.93. The van der Waals surface area contributed by atoms with Crippen LogP contribution >= 0.6 is 0 Å². The van der Waals surface area contributed by atoms with Crippen LogP contribution in [-0.2, 0) is 4.79 Å². The molecule has 0 aromatic carbocycles. The maximum atomic E-state index is 12.8. The fraction of sp³-hybridized carbons (Fsp3) is 0.0870. The van der Waals surface area contributed by atoms with Crippen LogP contribution in [0.3, 0.4) is 0 Å². The Morgan fingerprint density at radius 1 is 0.583 bits per heavy atom. The molecule has 0 radical (unpaired) electrons. The minimum Gasteiger partial charge on any atom is -0.289 e. The minimum atomic E-state index is 0.0594. The van der Waals surface area contributed by atoms with Gasteiger partial charge in [-0.1, -0.05) is 72.9 Å². The van der Waals surface area contributed by atoms with Gasteiger partial charge in [0.1, 0.15) is 0 Å². The summed E-state index contributed by atoms with van der Waals surface area (Å²) < 4.78 is 0. The number of rotatable bonds is 0. The summed E-state index contributed by atoms with van der Waals surface area (Å²) in [6.45, 7) is 0. The van der Waals surface area contributed by atoms with E-state index in [0.717, 1.165) is 29.6 Å². The molecule has 24 heavy (non-hydrogen) atoms. The van der Waals surface area contributed by atoms with Gasteiger partial charge in [0.25, 0.3) is 0 Å². The Morgan fingerprint density at radius 3 is 1.83 bits per heavy atom. The van der Waals surface area contributed by atoms with E-state index >= 15 is 0 Å². The second kappa shape index (κ2) is 6.29. The van der Waals surface area contributed by atoms with Gasteiger partial charge in [-0.05, 0) is 52.9 Å². The molecular formula is C23H18O. The highest BCUT2D eigenvalue weighted by atomic mass is 16.1. The van der Waals surface area contributed by atoms with Crippen molar-refractivity contribution in [1.29, 1.82) is 0 Å². The van der Waals surface area contributed by atoms with Crippen LogP contribution < -0.4 is 0 Å². The quantitative estimate of drug-likeness (QED) is 0.603. The Morgan fingerprint density at radius 2 is 1.12 bits per heavy atom. The highest BCUT2D eigenvalue weighted by molar-refractivity contribution is 6.08. The van der Waals surface area contributed by atoms with Crippen LogP contribution in [0.15, 0.2) is 119 Å². The Labute approximate surface area is 142 Å². The fourth-order valence-electron chi connectivity index (χ4n) is 3.22. The van der Waals surface area contributed by atoms with Crippen molar-refractivity contribution in [3.05, 3.63) is 119 Å². The van der Waals surface area contributed by atoms with Gasteiger partial charge in [-0.25, -0.2) is 0 Å². The standard InChI is InChI=1S/C23H18O/c24-23-12-10-18-6-2-1-5-17(13-18)9-11-21-15-19-7-3-4-8-20(14-19)16-22(21)23/h1-12,15-16H,13-14H2/b11-9-,12-10-. The molecule has 4 aliphatic rings. The Bertz CT molecular complexity index is 900. The molecule has 0 fully saturated rings. The molecule has 0 unspecified atom stereocenters. The first-order valence-corrected chi connectivity index (χ1v) is 8.25. The summed E-state index contributed by atoms with van der Waals surface area (Å²) in [6, 6.07) is 0. The van der Waals surface area contributed by atoms with Gasteiger partial charge in [0.05, 0.1) is 0 Å². The summed E-state index contributed by atoms with van der Waals surface area (Å²) in [5.74, 6) is 0.0594. The summed E-state index contributed by atoms with van der Waals surface area (Å²) in [6.07, 6.45) is 30.3. The third-order valence-corrected chi connectivity index (χ3v) is 4.45. The number of ketones is 1. The second-order valence-corrected chi connectivity index (χ2v) is 6.28. The summed E-state index contributed by atoms with van der Waals surface area (Å²) in [4.78, 5) is 12.8. The van der Waals surface area contributed by atoms with Crippen LogP contribution in [0.5, 0.6) is 0 Å². The van der Waals surface area contributed by atoms with Crippen LogP contribution in [-0.4, -0.2) is 5.78 Å². The first kappa shape index (κ1) is 14.6. The van der Waals surface area contributed by atoms with Crippen molar-refractivity contribution in [1.82, 2.24) is 0 Å². The van der Waals surface area contributed by atoms with E-state index in [1.165, 1.54) is 16.7 Å². The lowest BCUT2D eigenvalue weighted by Gasteiger charge is -2.09. The summed E-state index contributed by atoms with van der Waals surface area (Å²) in [7, 11) is 0. The largest absolute Gasteiger partial charge is 0.289 e. The first-order valence-electron chi connectivity index (χ1n) is 8.25. The average Bonchev–Trinajstić information content (AvgIpc) is 3.01. The number of carbonyl (C=O) groups is 1. The summed E-state index contributed by atoms with van der Waals surface area (Å²) >= 11 is 0. The molecule has 0 saturated heterocycles. The van der Waals surface area contributed by atoms with E-state index in [9.17, 15) is 4.79 Å². The van der Waals surface area contributed by atoms with Crippen molar-refractivity contribution in [2.75, 3.05) is 0 Å². The summed E-state index contributed by atoms with van der Waals surface area (Å²) in [5, 5.41) is 0. The first-order chi connectivity index (χ1) is 11.8. The number of carbonyl (C=O) groups excluding carboxylic acids is 1. The Kier molecular flexibility index (Phi) is 3.84. The lowest BCUT2D eigenvalue weighted by molar-refractivity contribution is -0.111. The van der Waals surface area contributed by atoms with E-state index in [1.807, 2.05) is 30.4 Å². The van der Waals surface area contributed by atoms with E-state index in [1.54, 1.807) is 6.08 Å². The van der Waals surface area contributed by atoms with Crippen molar-refractivity contribution >= 4 is 5.78 Å². The molecule has 4 rings (SSSR count). The van der Waals surface area contributed by atoms with Gasteiger partial charge in [0, 0.05) is 5.57 Å². The molecule has 1 nitrogen and oxygen atoms in total. The summed E-state index contributed by atoms with van der Waals surface area (Å²) in [5.41, 5.74) is 6.53. The monoisotopic (exact) mass is 310 g/mol. The average molecular weight is 310 g/mol. The third-order valence-electron chi connectivity index (χ3n) is 4.45. The van der Waals surface area contributed by atoms with Crippen LogP contribution in [0.25, 0.3) is 0 Å². The molecule has 0 saturated carbocycles. The maximum Gasteiger partial charge on any atom is 0.186 e. The highest BCUT2D eigenvalue weighted by Crippen LogP contribution is 2.30. The molecule has 0 spiro atoms. The number of fused-ring (bicyclic) bond motifs is 5. The molecule has 1 heteroatoms. The molecule has 0 aromatic rings. The van der Waals surface area contributed by atoms with Gasteiger partial charge < -0.3 is 0 Å².